The van der Waals surface area contributed by atoms with Gasteiger partial charge >= 0.3 is 0 Å². The number of nitrogen functional groups attached to an aromatic ring is 1. The average molecular weight is 300 g/mol. The van der Waals surface area contributed by atoms with Crippen molar-refractivity contribution in [1.82, 2.24) is 9.55 Å². The minimum Gasteiger partial charge on any atom is -0.398 e. The molecule has 3 rings (SSSR count). The summed E-state index contributed by atoms with van der Waals surface area (Å²) < 4.78 is 2.19. The lowest BCUT2D eigenvalue weighted by Crippen LogP contribution is -2.22. The predicted octanol–water partition coefficient (Wildman–Crippen LogP) is 4.69. The predicted molar refractivity (Wildman–Crippen MR) is 89.6 cm³/mol. The van der Waals surface area contributed by atoms with Crippen LogP contribution in [0.25, 0.3) is 22.4 Å². The van der Waals surface area contributed by atoms with E-state index in [9.17, 15) is 0 Å². The van der Waals surface area contributed by atoms with Crippen molar-refractivity contribution >= 4 is 28.3 Å². The normalized spacial score (nSPS) is 12.0. The highest BCUT2D eigenvalue weighted by molar-refractivity contribution is 6.33. The van der Waals surface area contributed by atoms with Gasteiger partial charge in [-0.25, -0.2) is 4.98 Å². The number of para-hydroxylation sites is 2. The molecule has 0 saturated carbocycles. The zero-order chi connectivity index (χ0) is 15.2. The molecule has 0 bridgehead atoms. The highest BCUT2D eigenvalue weighted by atomic mass is 35.5. The Morgan fingerprint density at radius 3 is 2.43 bits per heavy atom. The summed E-state index contributed by atoms with van der Waals surface area (Å²) in [5, 5.41) is 0.621. The fraction of sp³-hybridized carbons (Fsp3) is 0.235. The lowest BCUT2D eigenvalue weighted by molar-refractivity contribution is 0.413. The molecule has 4 heteroatoms. The molecule has 3 nitrogen and oxygen atoms in total. The van der Waals surface area contributed by atoms with Crippen molar-refractivity contribution in [1.29, 1.82) is 0 Å². The molecule has 0 aliphatic heterocycles. The highest BCUT2D eigenvalue weighted by Gasteiger charge is 2.24. The molecule has 108 valence electrons. The average Bonchev–Trinajstić information content (AvgIpc) is 2.77. The van der Waals surface area contributed by atoms with Gasteiger partial charge in [-0.15, -0.1) is 0 Å². The van der Waals surface area contributed by atoms with Gasteiger partial charge in [-0.1, -0.05) is 29.8 Å². The van der Waals surface area contributed by atoms with Gasteiger partial charge in [0.05, 0.1) is 21.6 Å². The lowest BCUT2D eigenvalue weighted by atomic mass is 10.1. The summed E-state index contributed by atoms with van der Waals surface area (Å²) in [6, 6.07) is 13.6. The van der Waals surface area contributed by atoms with Crippen LogP contribution in [-0.2, 0) is 5.54 Å². The first-order valence-corrected chi connectivity index (χ1v) is 7.30. The molecule has 0 radical (unpaired) electrons. The van der Waals surface area contributed by atoms with Crippen LogP contribution in [0.3, 0.4) is 0 Å². The molecule has 1 heterocycles. The van der Waals surface area contributed by atoms with Gasteiger partial charge in [0.1, 0.15) is 5.82 Å². The zero-order valence-corrected chi connectivity index (χ0v) is 13.1. The van der Waals surface area contributed by atoms with Crippen molar-refractivity contribution in [2.45, 2.75) is 26.3 Å². The Morgan fingerprint density at radius 1 is 1.05 bits per heavy atom. The SMILES string of the molecule is CC(C)(C)n1c(-c2c(N)cccc2Cl)nc2ccccc21. The van der Waals surface area contributed by atoms with Crippen molar-refractivity contribution in [2.75, 3.05) is 5.73 Å². The number of anilines is 1. The van der Waals surface area contributed by atoms with E-state index in [2.05, 4.69) is 31.4 Å². The molecule has 1 aromatic heterocycles. The standard InChI is InChI=1S/C17H18ClN3/c1-17(2,3)21-14-10-5-4-9-13(14)20-16(21)15-11(18)7-6-8-12(15)19/h4-10H,19H2,1-3H3. The fourth-order valence-electron chi connectivity index (χ4n) is 2.65. The fourth-order valence-corrected chi connectivity index (χ4v) is 2.92. The van der Waals surface area contributed by atoms with Crippen LogP contribution in [0.1, 0.15) is 20.8 Å². The van der Waals surface area contributed by atoms with E-state index >= 15 is 0 Å². The number of hydrogen-bond donors (Lipinski definition) is 1. The molecule has 0 aliphatic carbocycles. The third-order valence-corrected chi connectivity index (χ3v) is 3.82. The smallest absolute Gasteiger partial charge is 0.145 e. The number of rotatable bonds is 1. The van der Waals surface area contributed by atoms with E-state index < -0.39 is 0 Å². The Hall–Kier alpha value is -2.00. The molecule has 2 aromatic carbocycles. The largest absolute Gasteiger partial charge is 0.398 e. The molecule has 2 N–H and O–H groups in total. The number of halogens is 1. The molecule has 0 aliphatic rings. The third kappa shape index (κ3) is 2.28. The van der Waals surface area contributed by atoms with E-state index in [0.717, 1.165) is 22.4 Å². The summed E-state index contributed by atoms with van der Waals surface area (Å²) in [6.45, 7) is 6.45. The maximum absolute atomic E-state index is 6.38. The Labute approximate surface area is 129 Å². The van der Waals surface area contributed by atoms with Gasteiger partial charge in [-0.2, -0.15) is 0 Å². The Kier molecular flexibility index (Phi) is 3.18. The molecule has 0 unspecified atom stereocenters. The third-order valence-electron chi connectivity index (χ3n) is 3.50. The monoisotopic (exact) mass is 299 g/mol. The van der Waals surface area contributed by atoms with Crippen LogP contribution >= 0.6 is 11.6 Å². The Bertz CT molecular complexity index is 792. The summed E-state index contributed by atoms with van der Waals surface area (Å²) in [6.07, 6.45) is 0. The summed E-state index contributed by atoms with van der Waals surface area (Å²) in [7, 11) is 0. The summed E-state index contributed by atoms with van der Waals surface area (Å²) in [4.78, 5) is 4.77. The van der Waals surface area contributed by atoms with E-state index in [-0.39, 0.29) is 5.54 Å². The van der Waals surface area contributed by atoms with Gasteiger partial charge in [-0.05, 0) is 45.0 Å². The van der Waals surface area contributed by atoms with Crippen LogP contribution in [0.2, 0.25) is 5.02 Å². The van der Waals surface area contributed by atoms with Gasteiger partial charge in [-0.3, -0.25) is 0 Å². The van der Waals surface area contributed by atoms with E-state index in [1.165, 1.54) is 0 Å². The second-order valence-corrected chi connectivity index (χ2v) is 6.54. The molecule has 0 spiro atoms. The molecule has 0 fully saturated rings. The van der Waals surface area contributed by atoms with Crippen molar-refractivity contribution in [3.05, 3.63) is 47.5 Å². The van der Waals surface area contributed by atoms with Gasteiger partial charge in [0.25, 0.3) is 0 Å². The van der Waals surface area contributed by atoms with Crippen LogP contribution in [-0.4, -0.2) is 9.55 Å². The van der Waals surface area contributed by atoms with E-state index in [0.29, 0.717) is 10.7 Å². The first-order chi connectivity index (χ1) is 9.89. The molecule has 0 saturated heterocycles. The molecule has 0 amide bonds. The number of hydrogen-bond acceptors (Lipinski definition) is 2. The second-order valence-electron chi connectivity index (χ2n) is 6.13. The summed E-state index contributed by atoms with van der Waals surface area (Å²) >= 11 is 6.38. The summed E-state index contributed by atoms with van der Waals surface area (Å²) in [5.74, 6) is 0.812. The molecular weight excluding hydrogens is 282 g/mol. The molecular formula is C17H18ClN3. The van der Waals surface area contributed by atoms with Crippen LogP contribution in [0.5, 0.6) is 0 Å². The van der Waals surface area contributed by atoms with Crippen molar-refractivity contribution in [3.8, 4) is 11.4 Å². The minimum atomic E-state index is -0.128. The van der Waals surface area contributed by atoms with Gasteiger partial charge in [0, 0.05) is 11.2 Å². The molecule has 21 heavy (non-hydrogen) atoms. The van der Waals surface area contributed by atoms with Gasteiger partial charge in [0.15, 0.2) is 0 Å². The topological polar surface area (TPSA) is 43.8 Å². The highest BCUT2D eigenvalue weighted by Crippen LogP contribution is 2.37. The van der Waals surface area contributed by atoms with E-state index in [1.54, 1.807) is 0 Å². The first-order valence-electron chi connectivity index (χ1n) is 6.92. The van der Waals surface area contributed by atoms with Crippen molar-refractivity contribution in [3.63, 3.8) is 0 Å². The van der Waals surface area contributed by atoms with Crippen LogP contribution < -0.4 is 5.73 Å². The zero-order valence-electron chi connectivity index (χ0n) is 12.4. The Balaban J connectivity index is 2.43. The van der Waals surface area contributed by atoms with E-state index in [4.69, 9.17) is 22.3 Å². The van der Waals surface area contributed by atoms with Gasteiger partial charge in [0.2, 0.25) is 0 Å². The first kappa shape index (κ1) is 14.0. The van der Waals surface area contributed by atoms with Crippen LogP contribution in [0, 0.1) is 0 Å². The quantitative estimate of drug-likeness (QED) is 0.662. The maximum atomic E-state index is 6.38. The van der Waals surface area contributed by atoms with Crippen LogP contribution in [0.15, 0.2) is 42.5 Å². The lowest BCUT2D eigenvalue weighted by Gasteiger charge is -2.25. The number of aromatic nitrogens is 2. The van der Waals surface area contributed by atoms with Crippen molar-refractivity contribution < 1.29 is 0 Å². The van der Waals surface area contributed by atoms with Gasteiger partial charge < -0.3 is 10.3 Å². The maximum Gasteiger partial charge on any atom is 0.145 e. The van der Waals surface area contributed by atoms with Crippen molar-refractivity contribution in [2.24, 2.45) is 0 Å². The number of imidazole rings is 1. The molecule has 0 atom stereocenters. The minimum absolute atomic E-state index is 0.128. The number of nitrogens with two attached hydrogens (primary N) is 1. The van der Waals surface area contributed by atoms with Crippen LogP contribution in [0.4, 0.5) is 5.69 Å². The molecule has 3 aromatic rings. The number of fused-ring (bicyclic) bond motifs is 1. The number of nitrogens with zero attached hydrogens (tertiary/aromatic N) is 2. The van der Waals surface area contributed by atoms with E-state index in [1.807, 2.05) is 36.4 Å². The summed E-state index contributed by atoms with van der Waals surface area (Å²) in [5.41, 5.74) is 9.49. The Morgan fingerprint density at radius 2 is 1.76 bits per heavy atom. The second kappa shape index (κ2) is 4.78. The number of benzene rings is 2.